The molecule has 1 heterocycles. The molecule has 0 fully saturated rings. The lowest BCUT2D eigenvalue weighted by atomic mass is 10.1. The van der Waals surface area contributed by atoms with E-state index in [9.17, 15) is 23.3 Å². The average Bonchev–Trinajstić information content (AvgIpc) is 3.16. The third-order valence-electron chi connectivity index (χ3n) is 4.38. The number of para-hydroxylation sites is 2. The van der Waals surface area contributed by atoms with Crippen molar-refractivity contribution in [2.24, 2.45) is 4.99 Å². The Hall–Kier alpha value is -4.31. The number of carbonyl (C=O) groups is 1. The molecular formula is C22H14N2O7S. The van der Waals surface area contributed by atoms with Crippen LogP contribution in [0.4, 0.5) is 5.69 Å². The van der Waals surface area contributed by atoms with Gasteiger partial charge in [0.05, 0.1) is 4.92 Å². The Morgan fingerprint density at radius 2 is 1.59 bits per heavy atom. The van der Waals surface area contributed by atoms with Crippen LogP contribution < -0.4 is 4.18 Å². The van der Waals surface area contributed by atoms with Crippen molar-refractivity contribution in [3.8, 4) is 5.75 Å². The molecule has 0 spiro atoms. The smallest absolute Gasteiger partial charge is 0.363 e. The molecule has 32 heavy (non-hydrogen) atoms. The molecule has 1 aliphatic heterocycles. The molecule has 4 rings (SSSR count). The molecule has 9 nitrogen and oxygen atoms in total. The first-order chi connectivity index (χ1) is 15.3. The van der Waals surface area contributed by atoms with Crippen molar-refractivity contribution in [3.63, 3.8) is 0 Å². The predicted molar refractivity (Wildman–Crippen MR) is 114 cm³/mol. The molecule has 1 aliphatic rings. The Kier molecular flexibility index (Phi) is 5.52. The van der Waals surface area contributed by atoms with E-state index in [1.54, 1.807) is 30.3 Å². The van der Waals surface area contributed by atoms with Crippen molar-refractivity contribution in [3.05, 3.63) is 106 Å². The van der Waals surface area contributed by atoms with Crippen molar-refractivity contribution in [1.82, 2.24) is 0 Å². The fourth-order valence-electron chi connectivity index (χ4n) is 2.92. The summed E-state index contributed by atoms with van der Waals surface area (Å²) in [5.41, 5.74) is 0.162. The highest BCUT2D eigenvalue weighted by Crippen LogP contribution is 2.30. The molecule has 0 aliphatic carbocycles. The number of esters is 1. The second-order valence-corrected chi connectivity index (χ2v) is 8.02. The minimum absolute atomic E-state index is 0.0528. The molecule has 0 radical (unpaired) electrons. The molecule has 0 amide bonds. The number of nitrogens with zero attached hydrogens (tertiary/aromatic N) is 2. The molecule has 0 atom stereocenters. The molecule has 3 aromatic rings. The summed E-state index contributed by atoms with van der Waals surface area (Å²) in [6.07, 6.45) is 1.32. The van der Waals surface area contributed by atoms with E-state index in [2.05, 4.69) is 4.99 Å². The van der Waals surface area contributed by atoms with E-state index in [1.165, 1.54) is 36.4 Å². The number of hydrogen-bond acceptors (Lipinski definition) is 8. The lowest BCUT2D eigenvalue weighted by molar-refractivity contribution is -0.387. The van der Waals surface area contributed by atoms with E-state index >= 15 is 0 Å². The zero-order valence-corrected chi connectivity index (χ0v) is 17.1. The van der Waals surface area contributed by atoms with Gasteiger partial charge in [-0.2, -0.15) is 8.42 Å². The highest BCUT2D eigenvalue weighted by Gasteiger charge is 2.28. The van der Waals surface area contributed by atoms with E-state index in [0.29, 0.717) is 5.56 Å². The van der Waals surface area contributed by atoms with Gasteiger partial charge in [0.15, 0.2) is 10.6 Å². The topological polar surface area (TPSA) is 125 Å². The van der Waals surface area contributed by atoms with Crippen LogP contribution in [-0.4, -0.2) is 25.2 Å². The normalized spacial score (nSPS) is 14.7. The Morgan fingerprint density at radius 3 is 2.34 bits per heavy atom. The van der Waals surface area contributed by atoms with Gasteiger partial charge in [-0.15, -0.1) is 0 Å². The van der Waals surface area contributed by atoms with Gasteiger partial charge in [0, 0.05) is 17.2 Å². The van der Waals surface area contributed by atoms with Gasteiger partial charge in [-0.25, -0.2) is 9.79 Å². The molecule has 0 saturated heterocycles. The lowest BCUT2D eigenvalue weighted by Gasteiger charge is -2.09. The molecule has 0 N–H and O–H groups in total. The van der Waals surface area contributed by atoms with Crippen LogP contribution in [-0.2, 0) is 19.6 Å². The highest BCUT2D eigenvalue weighted by atomic mass is 32.2. The van der Waals surface area contributed by atoms with Gasteiger partial charge >= 0.3 is 16.1 Å². The maximum atomic E-state index is 12.8. The fourth-order valence-corrected chi connectivity index (χ4v) is 4.04. The Morgan fingerprint density at radius 1 is 0.938 bits per heavy atom. The predicted octanol–water partition coefficient (Wildman–Crippen LogP) is 3.71. The van der Waals surface area contributed by atoms with E-state index < -0.39 is 31.6 Å². The van der Waals surface area contributed by atoms with Crippen molar-refractivity contribution in [1.29, 1.82) is 0 Å². The number of rotatable bonds is 6. The third kappa shape index (κ3) is 4.25. The van der Waals surface area contributed by atoms with E-state index in [1.807, 2.05) is 6.07 Å². The second-order valence-electron chi connectivity index (χ2n) is 6.50. The number of nitro groups is 1. The van der Waals surface area contributed by atoms with Crippen LogP contribution in [0, 0.1) is 10.1 Å². The van der Waals surface area contributed by atoms with Crippen molar-refractivity contribution >= 4 is 33.7 Å². The standard InChI is InChI=1S/C22H14N2O7S/c25-22-17(23-21(30-22)15-8-2-1-3-9-15)14-16-10-4-6-12-19(16)31-32(28,29)20-13-7-5-11-18(20)24(26)27/h1-14H. The minimum Gasteiger partial charge on any atom is -0.402 e. The summed E-state index contributed by atoms with van der Waals surface area (Å²) in [4.78, 5) is 26.3. The zero-order valence-electron chi connectivity index (χ0n) is 16.2. The van der Waals surface area contributed by atoms with Crippen LogP contribution >= 0.6 is 0 Å². The lowest BCUT2D eigenvalue weighted by Crippen LogP contribution is -2.12. The van der Waals surface area contributed by atoms with Crippen LogP contribution in [0.1, 0.15) is 11.1 Å². The number of hydrogen-bond donors (Lipinski definition) is 0. The first-order valence-corrected chi connectivity index (χ1v) is 10.6. The van der Waals surface area contributed by atoms with Gasteiger partial charge in [-0.05, 0) is 30.3 Å². The monoisotopic (exact) mass is 450 g/mol. The van der Waals surface area contributed by atoms with Crippen molar-refractivity contribution in [2.45, 2.75) is 4.90 Å². The zero-order chi connectivity index (χ0) is 22.7. The average molecular weight is 450 g/mol. The minimum atomic E-state index is -4.54. The first-order valence-electron chi connectivity index (χ1n) is 9.20. The molecule has 0 aromatic heterocycles. The van der Waals surface area contributed by atoms with Gasteiger partial charge in [0.2, 0.25) is 5.90 Å². The number of aliphatic imine (C=N–C) groups is 1. The largest absolute Gasteiger partial charge is 0.402 e. The number of ether oxygens (including phenoxy) is 1. The molecule has 0 saturated carbocycles. The summed E-state index contributed by atoms with van der Waals surface area (Å²) in [5, 5.41) is 11.2. The first kappa shape index (κ1) is 20.9. The van der Waals surface area contributed by atoms with E-state index in [0.717, 1.165) is 12.1 Å². The Labute approximate surface area is 182 Å². The van der Waals surface area contributed by atoms with Gasteiger partial charge in [0.1, 0.15) is 5.75 Å². The van der Waals surface area contributed by atoms with Gasteiger partial charge < -0.3 is 8.92 Å². The van der Waals surface area contributed by atoms with Crippen LogP contribution in [0.25, 0.3) is 6.08 Å². The summed E-state index contributed by atoms with van der Waals surface area (Å²) in [7, 11) is -4.54. The number of carbonyl (C=O) groups excluding carboxylic acids is 1. The summed E-state index contributed by atoms with van der Waals surface area (Å²) < 4.78 is 35.9. The molecule has 160 valence electrons. The van der Waals surface area contributed by atoms with E-state index in [-0.39, 0.29) is 22.9 Å². The summed E-state index contributed by atoms with van der Waals surface area (Å²) in [6, 6.07) is 19.7. The maximum Gasteiger partial charge on any atom is 0.363 e. The SMILES string of the molecule is O=C1OC(c2ccccc2)=NC1=Cc1ccccc1OS(=O)(=O)c1ccccc1[N+](=O)[O-]. The number of nitro benzene ring substituents is 1. The molecule has 0 bridgehead atoms. The maximum absolute atomic E-state index is 12.8. The highest BCUT2D eigenvalue weighted by molar-refractivity contribution is 7.87. The van der Waals surface area contributed by atoms with Gasteiger partial charge in [0.25, 0.3) is 5.69 Å². The van der Waals surface area contributed by atoms with Crippen LogP contribution in [0.15, 0.2) is 94.4 Å². The third-order valence-corrected chi connectivity index (χ3v) is 5.67. The quantitative estimate of drug-likeness (QED) is 0.184. The fraction of sp³-hybridized carbons (Fsp3) is 0. The van der Waals surface area contributed by atoms with Gasteiger partial charge in [-0.3, -0.25) is 10.1 Å². The van der Waals surface area contributed by atoms with E-state index in [4.69, 9.17) is 8.92 Å². The van der Waals surface area contributed by atoms with Crippen LogP contribution in [0.5, 0.6) is 5.75 Å². The number of cyclic esters (lactones) is 1. The second kappa shape index (κ2) is 8.44. The number of benzene rings is 3. The molecular weight excluding hydrogens is 436 g/mol. The summed E-state index contributed by atoms with van der Waals surface area (Å²) >= 11 is 0. The molecule has 10 heteroatoms. The summed E-state index contributed by atoms with van der Waals surface area (Å²) in [5.74, 6) is -0.720. The molecule has 0 unspecified atom stereocenters. The van der Waals surface area contributed by atoms with Crippen molar-refractivity contribution in [2.75, 3.05) is 0 Å². The summed E-state index contributed by atoms with van der Waals surface area (Å²) in [6.45, 7) is 0. The molecule has 3 aromatic carbocycles. The van der Waals surface area contributed by atoms with Crippen molar-refractivity contribution < 1.29 is 27.1 Å². The Balaban J connectivity index is 1.70. The van der Waals surface area contributed by atoms with Crippen LogP contribution in [0.3, 0.4) is 0 Å². The Bertz CT molecular complexity index is 1380. The van der Waals surface area contributed by atoms with Crippen LogP contribution in [0.2, 0.25) is 0 Å². The van der Waals surface area contributed by atoms with Gasteiger partial charge in [-0.1, -0.05) is 48.5 Å².